The smallest absolute Gasteiger partial charge is 0.257 e. The van der Waals surface area contributed by atoms with Crippen molar-refractivity contribution < 1.29 is 14.3 Å². The first-order chi connectivity index (χ1) is 11.3. The molecule has 0 aliphatic heterocycles. The summed E-state index contributed by atoms with van der Waals surface area (Å²) >= 11 is 5.77. The summed E-state index contributed by atoms with van der Waals surface area (Å²) in [7, 11) is 0. The number of amides is 2. The quantitative estimate of drug-likeness (QED) is 0.757. The third-order valence-electron chi connectivity index (χ3n) is 4.06. The number of halogens is 1. The predicted octanol–water partition coefficient (Wildman–Crippen LogP) is 2.90. The zero-order valence-electron chi connectivity index (χ0n) is 14.0. The summed E-state index contributed by atoms with van der Waals surface area (Å²) in [5.74, 6) is 0.435. The molecule has 0 saturated heterocycles. The molecule has 1 atom stereocenters. The Morgan fingerprint density at radius 3 is 2.54 bits per heavy atom. The molecule has 5 nitrogen and oxygen atoms in total. The maximum atomic E-state index is 11.9. The second-order valence-electron chi connectivity index (χ2n) is 6.68. The van der Waals surface area contributed by atoms with E-state index in [9.17, 15) is 9.59 Å². The number of carbonyl (C=O) groups excluding carboxylic acids is 2. The third-order valence-corrected chi connectivity index (χ3v) is 4.31. The van der Waals surface area contributed by atoms with E-state index >= 15 is 0 Å². The molecule has 1 aromatic rings. The summed E-state index contributed by atoms with van der Waals surface area (Å²) < 4.78 is 5.34. The summed E-state index contributed by atoms with van der Waals surface area (Å²) in [6.07, 6.45) is 1.40. The number of carbonyl (C=O) groups is 2. The fraction of sp³-hybridized carbons (Fsp3) is 0.444. The van der Waals surface area contributed by atoms with Gasteiger partial charge in [-0.05, 0) is 36.1 Å². The summed E-state index contributed by atoms with van der Waals surface area (Å²) in [4.78, 5) is 23.6. The van der Waals surface area contributed by atoms with Gasteiger partial charge in [0.15, 0.2) is 6.61 Å². The maximum Gasteiger partial charge on any atom is 0.257 e. The van der Waals surface area contributed by atoms with E-state index in [0.717, 1.165) is 6.42 Å². The third kappa shape index (κ3) is 5.57. The lowest BCUT2D eigenvalue weighted by Gasteiger charge is -2.11. The average Bonchev–Trinajstić information content (AvgIpc) is 3.15. The van der Waals surface area contributed by atoms with E-state index in [0.29, 0.717) is 29.4 Å². The highest BCUT2D eigenvalue weighted by Crippen LogP contribution is 2.51. The van der Waals surface area contributed by atoms with Crippen molar-refractivity contribution >= 4 is 23.4 Å². The van der Waals surface area contributed by atoms with Crippen LogP contribution in [-0.4, -0.2) is 25.0 Å². The van der Waals surface area contributed by atoms with Crippen molar-refractivity contribution in [2.75, 3.05) is 13.2 Å². The number of ether oxygens (including phenoxy) is 1. The van der Waals surface area contributed by atoms with Crippen LogP contribution in [0.5, 0.6) is 5.75 Å². The molecule has 0 aromatic heterocycles. The van der Waals surface area contributed by atoms with Crippen LogP contribution in [0.15, 0.2) is 36.5 Å². The molecular weight excluding hydrogens is 328 g/mol. The second-order valence-corrected chi connectivity index (χ2v) is 7.12. The van der Waals surface area contributed by atoms with Crippen molar-refractivity contribution in [3.8, 4) is 5.75 Å². The van der Waals surface area contributed by atoms with Crippen molar-refractivity contribution in [1.82, 2.24) is 10.6 Å². The van der Waals surface area contributed by atoms with E-state index in [2.05, 4.69) is 31.1 Å². The lowest BCUT2D eigenvalue weighted by atomic mass is 10.1. The number of hydrogen-bond donors (Lipinski definition) is 2. The van der Waals surface area contributed by atoms with Crippen molar-refractivity contribution in [2.24, 2.45) is 11.3 Å². The molecule has 2 rings (SSSR count). The fourth-order valence-corrected chi connectivity index (χ4v) is 2.45. The monoisotopic (exact) mass is 350 g/mol. The Morgan fingerprint density at radius 2 is 1.96 bits per heavy atom. The molecule has 130 valence electrons. The fourth-order valence-electron chi connectivity index (χ4n) is 2.32. The normalized spacial score (nSPS) is 17.7. The Morgan fingerprint density at radius 1 is 1.33 bits per heavy atom. The van der Waals surface area contributed by atoms with Crippen LogP contribution in [0.3, 0.4) is 0 Å². The zero-order chi connectivity index (χ0) is 17.7. The minimum absolute atomic E-state index is 0.0161. The molecule has 1 aromatic carbocycles. The van der Waals surface area contributed by atoms with Crippen molar-refractivity contribution in [2.45, 2.75) is 26.7 Å². The van der Waals surface area contributed by atoms with E-state index in [-0.39, 0.29) is 29.8 Å². The number of rotatable bonds is 8. The maximum absolute atomic E-state index is 11.9. The standard InChI is InChI=1S/C18H23ClN2O3/c1-12(21-17(23)15-10-18(15,2)3)8-9-20-16(22)11-24-14-6-4-13(19)5-7-14/h4-7,15H,1,8-11H2,2-3H3,(H,20,22)(H,21,23). The molecule has 2 amide bonds. The largest absolute Gasteiger partial charge is 0.484 e. The second kappa shape index (κ2) is 7.71. The van der Waals surface area contributed by atoms with E-state index in [4.69, 9.17) is 16.3 Å². The Hall–Kier alpha value is -2.01. The van der Waals surface area contributed by atoms with Gasteiger partial charge in [0, 0.05) is 29.6 Å². The van der Waals surface area contributed by atoms with Crippen LogP contribution in [0, 0.1) is 11.3 Å². The molecule has 1 saturated carbocycles. The SMILES string of the molecule is C=C(CCNC(=O)COc1ccc(Cl)cc1)NC(=O)C1CC1(C)C. The molecule has 0 spiro atoms. The molecule has 1 aliphatic carbocycles. The van der Waals surface area contributed by atoms with Crippen LogP contribution in [0.2, 0.25) is 5.02 Å². The first-order valence-corrected chi connectivity index (χ1v) is 8.29. The van der Waals surface area contributed by atoms with E-state index in [1.54, 1.807) is 24.3 Å². The zero-order valence-corrected chi connectivity index (χ0v) is 14.8. The average molecular weight is 351 g/mol. The minimum Gasteiger partial charge on any atom is -0.484 e. The van der Waals surface area contributed by atoms with Crippen molar-refractivity contribution in [1.29, 1.82) is 0 Å². The van der Waals surface area contributed by atoms with Gasteiger partial charge in [-0.15, -0.1) is 0 Å². The molecule has 0 radical (unpaired) electrons. The van der Waals surface area contributed by atoms with Gasteiger partial charge < -0.3 is 15.4 Å². The van der Waals surface area contributed by atoms with Gasteiger partial charge in [-0.25, -0.2) is 0 Å². The van der Waals surface area contributed by atoms with E-state index in [1.165, 1.54) is 0 Å². The highest BCUT2D eigenvalue weighted by Gasteiger charge is 2.50. The predicted molar refractivity (Wildman–Crippen MR) is 93.7 cm³/mol. The van der Waals surface area contributed by atoms with Gasteiger partial charge in [0.2, 0.25) is 5.91 Å². The van der Waals surface area contributed by atoms with Gasteiger partial charge in [-0.3, -0.25) is 9.59 Å². The van der Waals surface area contributed by atoms with Gasteiger partial charge in [0.1, 0.15) is 5.75 Å². The molecule has 1 aliphatic rings. The van der Waals surface area contributed by atoms with Crippen molar-refractivity contribution in [3.05, 3.63) is 41.6 Å². The molecule has 6 heteroatoms. The Labute approximate surface area is 147 Å². The topological polar surface area (TPSA) is 67.4 Å². The molecule has 0 heterocycles. The van der Waals surface area contributed by atoms with Gasteiger partial charge in [-0.2, -0.15) is 0 Å². The van der Waals surface area contributed by atoms with E-state index < -0.39 is 0 Å². The Bertz CT molecular complexity index is 626. The molecule has 2 N–H and O–H groups in total. The Balaban J connectivity index is 1.59. The summed E-state index contributed by atoms with van der Waals surface area (Å²) in [6, 6.07) is 6.80. The number of hydrogen-bond acceptors (Lipinski definition) is 3. The van der Waals surface area contributed by atoms with Gasteiger partial charge >= 0.3 is 0 Å². The first kappa shape index (κ1) is 18.3. The van der Waals surface area contributed by atoms with Crippen LogP contribution in [-0.2, 0) is 9.59 Å². The molecular formula is C18H23ClN2O3. The molecule has 1 unspecified atom stereocenters. The lowest BCUT2D eigenvalue weighted by Crippen LogP contribution is -2.32. The van der Waals surface area contributed by atoms with Gasteiger partial charge in [0.25, 0.3) is 5.91 Å². The summed E-state index contributed by atoms with van der Waals surface area (Å²) in [5, 5.41) is 6.15. The molecule has 24 heavy (non-hydrogen) atoms. The molecule has 1 fully saturated rings. The summed E-state index contributed by atoms with van der Waals surface area (Å²) in [5.41, 5.74) is 0.707. The minimum atomic E-state index is -0.229. The molecule has 0 bridgehead atoms. The lowest BCUT2D eigenvalue weighted by molar-refractivity contribution is -0.123. The Kier molecular flexibility index (Phi) is 5.89. The first-order valence-electron chi connectivity index (χ1n) is 7.91. The van der Waals surface area contributed by atoms with Gasteiger partial charge in [0.05, 0.1) is 0 Å². The van der Waals surface area contributed by atoms with Crippen LogP contribution >= 0.6 is 11.6 Å². The number of benzene rings is 1. The highest BCUT2D eigenvalue weighted by molar-refractivity contribution is 6.30. The highest BCUT2D eigenvalue weighted by atomic mass is 35.5. The van der Waals surface area contributed by atoms with Crippen LogP contribution in [0.25, 0.3) is 0 Å². The van der Waals surface area contributed by atoms with E-state index in [1.807, 2.05) is 0 Å². The number of nitrogens with one attached hydrogen (secondary N) is 2. The van der Waals surface area contributed by atoms with Crippen molar-refractivity contribution in [3.63, 3.8) is 0 Å². The van der Waals surface area contributed by atoms with Crippen LogP contribution in [0.1, 0.15) is 26.7 Å². The van der Waals surface area contributed by atoms with Crippen LogP contribution in [0.4, 0.5) is 0 Å². The van der Waals surface area contributed by atoms with Crippen LogP contribution < -0.4 is 15.4 Å². The summed E-state index contributed by atoms with van der Waals surface area (Å²) in [6.45, 7) is 8.29. The van der Waals surface area contributed by atoms with Gasteiger partial charge in [-0.1, -0.05) is 32.0 Å².